The minimum atomic E-state index is -1.44. The highest BCUT2D eigenvalue weighted by Crippen LogP contribution is 2.48. The summed E-state index contributed by atoms with van der Waals surface area (Å²) in [6.45, 7) is 8.81. The fourth-order valence-corrected chi connectivity index (χ4v) is 2.74. The molecule has 2 atom stereocenters. The van der Waals surface area contributed by atoms with Gasteiger partial charge >= 0.3 is 0 Å². The van der Waals surface area contributed by atoms with E-state index in [4.69, 9.17) is 9.16 Å². The molecule has 1 saturated heterocycles. The first-order valence-corrected chi connectivity index (χ1v) is 8.38. The van der Waals surface area contributed by atoms with Crippen molar-refractivity contribution in [3.05, 3.63) is 11.8 Å². The predicted molar refractivity (Wildman–Crippen MR) is 55.0 cm³/mol. The van der Waals surface area contributed by atoms with Crippen molar-refractivity contribution in [3.63, 3.8) is 0 Å². The second-order valence-electron chi connectivity index (χ2n) is 5.17. The first kappa shape index (κ1) is 9.28. The Morgan fingerprint density at radius 3 is 2.85 bits per heavy atom. The van der Waals surface area contributed by atoms with Gasteiger partial charge in [-0.1, -0.05) is 0 Å². The smallest absolute Gasteiger partial charge is 0.241 e. The highest BCUT2D eigenvalue weighted by Gasteiger charge is 2.56. The van der Waals surface area contributed by atoms with Crippen LogP contribution in [-0.4, -0.2) is 20.0 Å². The molecule has 74 valence electrons. The molecule has 2 nitrogen and oxygen atoms in total. The van der Waals surface area contributed by atoms with Crippen LogP contribution < -0.4 is 0 Å². The molecule has 3 heteroatoms. The second kappa shape index (κ2) is 2.61. The van der Waals surface area contributed by atoms with Crippen LogP contribution in [0.5, 0.6) is 0 Å². The molecule has 1 aliphatic heterocycles. The zero-order valence-corrected chi connectivity index (χ0v) is 9.89. The summed E-state index contributed by atoms with van der Waals surface area (Å²) < 4.78 is 11.6. The molecule has 0 amide bonds. The van der Waals surface area contributed by atoms with Gasteiger partial charge in [-0.3, -0.25) is 0 Å². The molecule has 0 saturated carbocycles. The van der Waals surface area contributed by atoms with Gasteiger partial charge in [-0.05, 0) is 45.5 Å². The minimum Gasteiger partial charge on any atom is -0.546 e. The molecule has 2 aliphatic rings. The van der Waals surface area contributed by atoms with Gasteiger partial charge in [0.1, 0.15) is 17.5 Å². The zero-order chi connectivity index (χ0) is 9.69. The monoisotopic (exact) mass is 198 g/mol. The largest absolute Gasteiger partial charge is 0.546 e. The topological polar surface area (TPSA) is 21.8 Å². The maximum Gasteiger partial charge on any atom is 0.241 e. The van der Waals surface area contributed by atoms with Crippen molar-refractivity contribution in [1.29, 1.82) is 0 Å². The van der Waals surface area contributed by atoms with Gasteiger partial charge in [-0.15, -0.1) is 0 Å². The van der Waals surface area contributed by atoms with Crippen molar-refractivity contribution < 1.29 is 9.16 Å². The van der Waals surface area contributed by atoms with E-state index in [1.807, 2.05) is 0 Å². The summed E-state index contributed by atoms with van der Waals surface area (Å²) in [7, 11) is -1.44. The molecule has 0 aromatic carbocycles. The molecule has 2 rings (SSSR count). The summed E-state index contributed by atoms with van der Waals surface area (Å²) >= 11 is 0. The van der Waals surface area contributed by atoms with E-state index in [-0.39, 0.29) is 11.7 Å². The van der Waals surface area contributed by atoms with Crippen LogP contribution in [0.15, 0.2) is 11.8 Å². The third-order valence-electron chi connectivity index (χ3n) is 2.55. The van der Waals surface area contributed by atoms with Gasteiger partial charge in [0.25, 0.3) is 0 Å². The highest BCUT2D eigenvalue weighted by atomic mass is 28.4. The number of rotatable bonds is 2. The lowest BCUT2D eigenvalue weighted by atomic mass is 9.95. The van der Waals surface area contributed by atoms with E-state index in [0.717, 1.165) is 18.6 Å². The third-order valence-corrected chi connectivity index (χ3v) is 3.40. The Morgan fingerprint density at radius 1 is 1.54 bits per heavy atom. The van der Waals surface area contributed by atoms with Gasteiger partial charge < -0.3 is 9.16 Å². The van der Waals surface area contributed by atoms with Crippen LogP contribution in [-0.2, 0) is 9.16 Å². The van der Waals surface area contributed by atoms with Gasteiger partial charge in [-0.25, -0.2) is 0 Å². The first-order chi connectivity index (χ1) is 5.91. The Balaban J connectivity index is 2.05. The lowest BCUT2D eigenvalue weighted by Crippen LogP contribution is -2.29. The molecule has 0 unspecified atom stereocenters. The van der Waals surface area contributed by atoms with Crippen molar-refractivity contribution in [2.75, 3.05) is 0 Å². The van der Waals surface area contributed by atoms with E-state index < -0.39 is 8.32 Å². The maximum absolute atomic E-state index is 5.97. The molecular formula is C10H18O2Si. The van der Waals surface area contributed by atoms with Gasteiger partial charge in [-0.2, -0.15) is 0 Å². The van der Waals surface area contributed by atoms with Gasteiger partial charge in [0.05, 0.1) is 0 Å². The number of allylic oxidation sites excluding steroid dienone is 1. The Hall–Kier alpha value is -0.283. The number of hydrogen-bond acceptors (Lipinski definition) is 2. The summed E-state index contributed by atoms with van der Waals surface area (Å²) in [6.07, 6.45) is 4.73. The van der Waals surface area contributed by atoms with Crippen LogP contribution in [0.4, 0.5) is 0 Å². The molecule has 0 aromatic heterocycles. The van der Waals surface area contributed by atoms with Crippen LogP contribution in [0.2, 0.25) is 19.6 Å². The molecule has 13 heavy (non-hydrogen) atoms. The Kier molecular flexibility index (Phi) is 1.86. The van der Waals surface area contributed by atoms with Crippen molar-refractivity contribution >= 4 is 8.32 Å². The van der Waals surface area contributed by atoms with Crippen LogP contribution >= 0.6 is 0 Å². The summed E-state index contributed by atoms with van der Waals surface area (Å²) in [5, 5.41) is 0. The molecular weight excluding hydrogens is 180 g/mol. The quantitative estimate of drug-likeness (QED) is 0.502. The first-order valence-electron chi connectivity index (χ1n) is 4.98. The van der Waals surface area contributed by atoms with E-state index in [0.29, 0.717) is 0 Å². The molecule has 1 fully saturated rings. The Labute approximate surface area is 81.1 Å². The molecule has 1 aliphatic carbocycles. The van der Waals surface area contributed by atoms with Crippen LogP contribution in [0.1, 0.15) is 19.8 Å². The number of fused-ring (bicyclic) bond motifs is 1. The lowest BCUT2D eigenvalue weighted by molar-refractivity contribution is 0.294. The Morgan fingerprint density at radius 2 is 2.23 bits per heavy atom. The Bertz CT molecular complexity index is 254. The standard InChI is InChI=1S/C10H18O2Si/c1-10-7-5-6-8(9(10)11-10)12-13(2,3)4/h6,9H,5,7H2,1-4H3/t9-,10+/m1/s1. The van der Waals surface area contributed by atoms with E-state index in [9.17, 15) is 0 Å². The average molecular weight is 198 g/mol. The van der Waals surface area contributed by atoms with Crippen LogP contribution in [0, 0.1) is 0 Å². The maximum atomic E-state index is 5.97. The number of hydrogen-bond donors (Lipinski definition) is 0. The third kappa shape index (κ3) is 1.81. The van der Waals surface area contributed by atoms with E-state index >= 15 is 0 Å². The van der Waals surface area contributed by atoms with Crippen molar-refractivity contribution in [3.8, 4) is 0 Å². The van der Waals surface area contributed by atoms with Crippen molar-refractivity contribution in [1.82, 2.24) is 0 Å². The van der Waals surface area contributed by atoms with Crippen LogP contribution in [0.3, 0.4) is 0 Å². The van der Waals surface area contributed by atoms with Gasteiger partial charge in [0.15, 0.2) is 0 Å². The SMILES string of the molecule is C[C@]12CCC=C(O[Si](C)(C)C)[C@H]1O2. The molecule has 1 heterocycles. The average Bonchev–Trinajstić information content (AvgIpc) is 2.58. The van der Waals surface area contributed by atoms with Gasteiger partial charge in [0, 0.05) is 0 Å². The number of ether oxygens (including phenoxy) is 1. The molecule has 0 aromatic rings. The van der Waals surface area contributed by atoms with Crippen LogP contribution in [0.25, 0.3) is 0 Å². The van der Waals surface area contributed by atoms with E-state index in [1.165, 1.54) is 0 Å². The summed E-state index contributed by atoms with van der Waals surface area (Å²) in [5.41, 5.74) is 0.115. The summed E-state index contributed by atoms with van der Waals surface area (Å²) in [6, 6.07) is 0. The zero-order valence-electron chi connectivity index (χ0n) is 8.89. The summed E-state index contributed by atoms with van der Waals surface area (Å²) in [5.74, 6) is 1.10. The highest BCUT2D eigenvalue weighted by molar-refractivity contribution is 6.70. The fraction of sp³-hybridized carbons (Fsp3) is 0.800. The van der Waals surface area contributed by atoms with E-state index in [1.54, 1.807) is 0 Å². The van der Waals surface area contributed by atoms with Crippen molar-refractivity contribution in [2.24, 2.45) is 0 Å². The van der Waals surface area contributed by atoms with E-state index in [2.05, 4.69) is 32.6 Å². The fourth-order valence-electron chi connectivity index (χ4n) is 1.84. The lowest BCUT2D eigenvalue weighted by Gasteiger charge is -2.23. The number of epoxide rings is 1. The second-order valence-corrected chi connectivity index (χ2v) is 9.60. The normalized spacial score (nSPS) is 37.8. The molecule has 0 spiro atoms. The van der Waals surface area contributed by atoms with Crippen molar-refractivity contribution in [2.45, 2.75) is 51.1 Å². The minimum absolute atomic E-state index is 0.115. The molecule has 0 radical (unpaired) electrons. The summed E-state index contributed by atoms with van der Waals surface area (Å²) in [4.78, 5) is 0. The molecule has 0 bridgehead atoms. The molecule has 0 N–H and O–H groups in total. The predicted octanol–water partition coefficient (Wildman–Crippen LogP) is 2.67. The van der Waals surface area contributed by atoms with Gasteiger partial charge in [0.2, 0.25) is 8.32 Å².